The van der Waals surface area contributed by atoms with Crippen LogP contribution in [0.1, 0.15) is 19.2 Å². The fourth-order valence-corrected chi connectivity index (χ4v) is 2.09. The summed E-state index contributed by atoms with van der Waals surface area (Å²) in [7, 11) is 3.59. The van der Waals surface area contributed by atoms with E-state index in [9.17, 15) is 4.79 Å². The zero-order valence-electron chi connectivity index (χ0n) is 12.7. The summed E-state index contributed by atoms with van der Waals surface area (Å²) in [6.45, 7) is 3.52. The van der Waals surface area contributed by atoms with Gasteiger partial charge in [0.2, 0.25) is 0 Å². The predicted octanol–water partition coefficient (Wildman–Crippen LogP) is 1.96. The first kappa shape index (κ1) is 15.3. The Hall–Kier alpha value is -2.08. The van der Waals surface area contributed by atoms with Gasteiger partial charge in [0.1, 0.15) is 11.6 Å². The number of nitrogens with one attached hydrogen (secondary N) is 1. The fraction of sp³-hybridized carbons (Fsp3) is 0.467. The summed E-state index contributed by atoms with van der Waals surface area (Å²) in [4.78, 5) is 21.1. The first-order valence-electron chi connectivity index (χ1n) is 6.99. The monoisotopic (exact) mass is 291 g/mol. The lowest BCUT2D eigenvalue weighted by Crippen LogP contribution is -2.22. The van der Waals surface area contributed by atoms with Gasteiger partial charge in [0.25, 0.3) is 0 Å². The van der Waals surface area contributed by atoms with E-state index in [-0.39, 0.29) is 5.97 Å². The Morgan fingerprint density at radius 3 is 2.95 bits per heavy atom. The van der Waals surface area contributed by atoms with E-state index in [4.69, 9.17) is 9.47 Å². The van der Waals surface area contributed by atoms with E-state index in [0.29, 0.717) is 26.1 Å². The molecule has 0 aliphatic carbocycles. The number of esters is 1. The summed E-state index contributed by atoms with van der Waals surface area (Å²) in [6.07, 6.45) is 0.387. The number of nitrogens with zero attached hydrogens (tertiary/aromatic N) is 2. The van der Waals surface area contributed by atoms with E-state index >= 15 is 0 Å². The summed E-state index contributed by atoms with van der Waals surface area (Å²) in [5, 5.41) is 0. The zero-order valence-corrected chi connectivity index (χ0v) is 12.7. The molecule has 21 heavy (non-hydrogen) atoms. The van der Waals surface area contributed by atoms with Crippen LogP contribution >= 0.6 is 0 Å². The van der Waals surface area contributed by atoms with Crippen LogP contribution in [-0.4, -0.2) is 48.1 Å². The minimum absolute atomic E-state index is 0.168. The van der Waals surface area contributed by atoms with E-state index < -0.39 is 0 Å². The molecule has 1 heterocycles. The van der Waals surface area contributed by atoms with E-state index in [1.807, 2.05) is 37.1 Å². The van der Waals surface area contributed by atoms with E-state index in [0.717, 1.165) is 22.6 Å². The molecule has 2 aromatic rings. The molecule has 1 aromatic heterocycles. The highest BCUT2D eigenvalue weighted by Crippen LogP contribution is 2.19. The third-order valence-corrected chi connectivity index (χ3v) is 3.16. The Labute approximate surface area is 124 Å². The van der Waals surface area contributed by atoms with Crippen molar-refractivity contribution in [2.75, 3.05) is 27.3 Å². The topological polar surface area (TPSA) is 67.4 Å². The number of rotatable bonds is 7. The SMILES string of the molecule is CCOC(=O)CCN(C)Cc1nc2ccc(OC)cc2[nH]1. The number of hydrogen-bond acceptors (Lipinski definition) is 5. The first-order chi connectivity index (χ1) is 10.1. The summed E-state index contributed by atoms with van der Waals surface area (Å²) >= 11 is 0. The highest BCUT2D eigenvalue weighted by Gasteiger charge is 2.09. The predicted molar refractivity (Wildman–Crippen MR) is 80.2 cm³/mol. The lowest BCUT2D eigenvalue weighted by atomic mass is 10.3. The van der Waals surface area contributed by atoms with Gasteiger partial charge in [0.05, 0.1) is 37.7 Å². The van der Waals surface area contributed by atoms with Crippen LogP contribution in [0, 0.1) is 0 Å². The van der Waals surface area contributed by atoms with Crippen molar-refractivity contribution in [1.29, 1.82) is 0 Å². The molecule has 0 unspecified atom stereocenters. The van der Waals surface area contributed by atoms with Crippen molar-refractivity contribution < 1.29 is 14.3 Å². The van der Waals surface area contributed by atoms with Crippen LogP contribution in [0.3, 0.4) is 0 Å². The lowest BCUT2D eigenvalue weighted by Gasteiger charge is -2.14. The average Bonchev–Trinajstić information content (AvgIpc) is 2.86. The Balaban J connectivity index is 1.94. The molecule has 6 nitrogen and oxygen atoms in total. The number of fused-ring (bicyclic) bond motifs is 1. The van der Waals surface area contributed by atoms with Crippen LogP contribution in [0.2, 0.25) is 0 Å². The second kappa shape index (κ2) is 7.08. The number of H-pyrrole nitrogens is 1. The normalized spacial score (nSPS) is 11.0. The van der Waals surface area contributed by atoms with Crippen molar-refractivity contribution in [3.8, 4) is 5.75 Å². The lowest BCUT2D eigenvalue weighted by molar-refractivity contribution is -0.143. The van der Waals surface area contributed by atoms with Crippen LogP contribution in [-0.2, 0) is 16.1 Å². The molecule has 2 rings (SSSR count). The molecule has 6 heteroatoms. The molecular formula is C15H21N3O3. The van der Waals surface area contributed by atoms with Crippen LogP contribution in [0.5, 0.6) is 5.75 Å². The summed E-state index contributed by atoms with van der Waals surface area (Å²) in [6, 6.07) is 5.73. The molecule has 1 aromatic carbocycles. The molecule has 0 aliphatic rings. The smallest absolute Gasteiger partial charge is 0.307 e. The van der Waals surface area contributed by atoms with Gasteiger partial charge in [-0.25, -0.2) is 4.98 Å². The van der Waals surface area contributed by atoms with Crippen molar-refractivity contribution >= 4 is 17.0 Å². The van der Waals surface area contributed by atoms with Crippen molar-refractivity contribution in [2.45, 2.75) is 19.9 Å². The second-order valence-electron chi connectivity index (χ2n) is 4.86. The maximum atomic E-state index is 11.3. The summed E-state index contributed by atoms with van der Waals surface area (Å²) in [5.74, 6) is 1.50. The Morgan fingerprint density at radius 1 is 1.43 bits per heavy atom. The van der Waals surface area contributed by atoms with Crippen LogP contribution < -0.4 is 4.74 Å². The van der Waals surface area contributed by atoms with E-state index in [2.05, 4.69) is 9.97 Å². The van der Waals surface area contributed by atoms with Gasteiger partial charge in [-0.1, -0.05) is 0 Å². The summed E-state index contributed by atoms with van der Waals surface area (Å²) < 4.78 is 10.1. The number of hydrogen-bond donors (Lipinski definition) is 1. The van der Waals surface area contributed by atoms with E-state index in [1.165, 1.54) is 0 Å². The number of methoxy groups -OCH3 is 1. The number of aromatic amines is 1. The Kier molecular flexibility index (Phi) is 5.16. The standard InChI is InChI=1S/C15H21N3O3/c1-4-21-15(19)7-8-18(2)10-14-16-12-6-5-11(20-3)9-13(12)17-14/h5-6,9H,4,7-8,10H2,1-3H3,(H,16,17). The Morgan fingerprint density at radius 2 is 2.24 bits per heavy atom. The number of benzene rings is 1. The van der Waals surface area contributed by atoms with Gasteiger partial charge in [-0.2, -0.15) is 0 Å². The highest BCUT2D eigenvalue weighted by molar-refractivity contribution is 5.76. The third kappa shape index (κ3) is 4.19. The van der Waals surface area contributed by atoms with Gasteiger partial charge in [-0.05, 0) is 26.1 Å². The fourth-order valence-electron chi connectivity index (χ4n) is 2.09. The molecular weight excluding hydrogens is 270 g/mol. The van der Waals surface area contributed by atoms with Gasteiger partial charge in [0, 0.05) is 12.6 Å². The molecule has 0 saturated heterocycles. The molecule has 0 bridgehead atoms. The largest absolute Gasteiger partial charge is 0.497 e. The third-order valence-electron chi connectivity index (χ3n) is 3.16. The first-order valence-corrected chi connectivity index (χ1v) is 6.99. The number of carbonyl (C=O) groups is 1. The number of aromatic nitrogens is 2. The number of carbonyl (C=O) groups excluding carboxylic acids is 1. The van der Waals surface area contributed by atoms with Crippen LogP contribution in [0.25, 0.3) is 11.0 Å². The van der Waals surface area contributed by atoms with Crippen molar-refractivity contribution in [3.05, 3.63) is 24.0 Å². The maximum Gasteiger partial charge on any atom is 0.307 e. The van der Waals surface area contributed by atoms with E-state index in [1.54, 1.807) is 7.11 Å². The molecule has 0 saturated carbocycles. The van der Waals surface area contributed by atoms with Gasteiger partial charge < -0.3 is 14.5 Å². The van der Waals surface area contributed by atoms with Crippen molar-refractivity contribution in [2.24, 2.45) is 0 Å². The maximum absolute atomic E-state index is 11.3. The van der Waals surface area contributed by atoms with Crippen LogP contribution in [0.15, 0.2) is 18.2 Å². The minimum atomic E-state index is -0.168. The molecule has 0 atom stereocenters. The average molecular weight is 291 g/mol. The molecule has 1 N–H and O–H groups in total. The Bertz CT molecular complexity index is 609. The van der Waals surface area contributed by atoms with Crippen LogP contribution in [0.4, 0.5) is 0 Å². The molecule has 0 fully saturated rings. The molecule has 114 valence electrons. The van der Waals surface area contributed by atoms with Crippen molar-refractivity contribution in [3.63, 3.8) is 0 Å². The molecule has 0 amide bonds. The van der Waals surface area contributed by atoms with Gasteiger partial charge >= 0.3 is 5.97 Å². The molecule has 0 aliphatic heterocycles. The minimum Gasteiger partial charge on any atom is -0.497 e. The van der Waals surface area contributed by atoms with Gasteiger partial charge in [-0.3, -0.25) is 9.69 Å². The van der Waals surface area contributed by atoms with Gasteiger partial charge in [-0.15, -0.1) is 0 Å². The number of ether oxygens (including phenoxy) is 2. The van der Waals surface area contributed by atoms with Crippen molar-refractivity contribution in [1.82, 2.24) is 14.9 Å². The number of imidazole rings is 1. The quantitative estimate of drug-likeness (QED) is 0.790. The van der Waals surface area contributed by atoms with Gasteiger partial charge in [0.15, 0.2) is 0 Å². The second-order valence-corrected chi connectivity index (χ2v) is 4.86. The summed E-state index contributed by atoms with van der Waals surface area (Å²) in [5.41, 5.74) is 1.85. The molecule has 0 spiro atoms. The molecule has 0 radical (unpaired) electrons. The zero-order chi connectivity index (χ0) is 15.2. The highest BCUT2D eigenvalue weighted by atomic mass is 16.5.